The largest absolute Gasteiger partial charge is 0.352 e. The molecule has 108 valence electrons. The van der Waals surface area contributed by atoms with E-state index >= 15 is 0 Å². The molecule has 5 nitrogen and oxygen atoms in total. The molecule has 0 radical (unpaired) electrons. The highest BCUT2D eigenvalue weighted by molar-refractivity contribution is 5.99. The van der Waals surface area contributed by atoms with Crippen LogP contribution in [0.5, 0.6) is 0 Å². The lowest BCUT2D eigenvalue weighted by atomic mass is 10.1. The van der Waals surface area contributed by atoms with E-state index in [1.807, 2.05) is 19.9 Å². The molecule has 0 aromatic heterocycles. The van der Waals surface area contributed by atoms with Gasteiger partial charge in [0, 0.05) is 17.8 Å². The number of hydrogen-bond acceptors (Lipinski definition) is 3. The molecule has 0 bridgehead atoms. The van der Waals surface area contributed by atoms with E-state index in [1.54, 1.807) is 12.1 Å². The summed E-state index contributed by atoms with van der Waals surface area (Å²) in [5.41, 5.74) is 2.21. The average Bonchev–Trinajstić information content (AvgIpc) is 2.95. The Balaban J connectivity index is 2.11. The Bertz CT molecular complexity index is 508. The molecule has 1 heterocycles. The Hall–Kier alpha value is -1.88. The van der Waals surface area contributed by atoms with Gasteiger partial charge in [-0.1, -0.05) is 6.07 Å². The number of carbonyl (C=O) groups is 2. The molecule has 0 saturated carbocycles. The molecular weight excluding hydrogens is 254 g/mol. The SMILES string of the molecule is CCNC(=O)c1ccc(C)c(NC(=O)[C@@H]2CCCN2)c1. The standard InChI is InChI=1S/C15H21N3O2/c1-3-16-14(19)11-7-6-10(2)13(9-11)18-15(20)12-5-4-8-17-12/h6-7,9,12,17H,3-5,8H2,1-2H3,(H,16,19)(H,18,20)/t12-/m0/s1. The van der Waals surface area contributed by atoms with Gasteiger partial charge in [0.15, 0.2) is 0 Å². The Morgan fingerprint density at radius 3 is 2.85 bits per heavy atom. The van der Waals surface area contributed by atoms with E-state index in [-0.39, 0.29) is 17.9 Å². The fraction of sp³-hybridized carbons (Fsp3) is 0.467. The number of anilines is 1. The summed E-state index contributed by atoms with van der Waals surface area (Å²) < 4.78 is 0. The van der Waals surface area contributed by atoms with E-state index in [0.717, 1.165) is 24.9 Å². The minimum atomic E-state index is -0.123. The molecule has 3 N–H and O–H groups in total. The number of benzene rings is 1. The number of amides is 2. The van der Waals surface area contributed by atoms with Gasteiger partial charge in [0.25, 0.3) is 5.91 Å². The van der Waals surface area contributed by atoms with Crippen LogP contribution in [0.15, 0.2) is 18.2 Å². The Labute approximate surface area is 119 Å². The van der Waals surface area contributed by atoms with E-state index in [1.165, 1.54) is 0 Å². The molecule has 0 aliphatic carbocycles. The zero-order valence-electron chi connectivity index (χ0n) is 12.0. The molecular formula is C15H21N3O2. The molecule has 1 fully saturated rings. The molecule has 1 aromatic rings. The predicted octanol–water partition coefficient (Wildman–Crippen LogP) is 1.44. The molecule has 2 rings (SSSR count). The van der Waals surface area contributed by atoms with Crippen molar-refractivity contribution < 1.29 is 9.59 Å². The first-order valence-electron chi connectivity index (χ1n) is 7.05. The first-order valence-corrected chi connectivity index (χ1v) is 7.05. The van der Waals surface area contributed by atoms with Crippen LogP contribution in [0.1, 0.15) is 35.7 Å². The van der Waals surface area contributed by atoms with Crippen LogP contribution in [0.4, 0.5) is 5.69 Å². The van der Waals surface area contributed by atoms with Crippen molar-refractivity contribution in [3.05, 3.63) is 29.3 Å². The topological polar surface area (TPSA) is 70.2 Å². The van der Waals surface area contributed by atoms with Gasteiger partial charge in [-0.3, -0.25) is 9.59 Å². The third-order valence-electron chi connectivity index (χ3n) is 3.47. The van der Waals surface area contributed by atoms with Crippen molar-refractivity contribution in [3.63, 3.8) is 0 Å². The highest BCUT2D eigenvalue weighted by Gasteiger charge is 2.22. The van der Waals surface area contributed by atoms with Crippen molar-refractivity contribution in [2.75, 3.05) is 18.4 Å². The van der Waals surface area contributed by atoms with Crippen molar-refractivity contribution in [1.82, 2.24) is 10.6 Å². The van der Waals surface area contributed by atoms with Crippen molar-refractivity contribution in [3.8, 4) is 0 Å². The van der Waals surface area contributed by atoms with Gasteiger partial charge in [-0.2, -0.15) is 0 Å². The second kappa shape index (κ2) is 6.52. The zero-order chi connectivity index (χ0) is 14.5. The molecule has 0 unspecified atom stereocenters. The van der Waals surface area contributed by atoms with Crippen LogP contribution in [0.2, 0.25) is 0 Å². The summed E-state index contributed by atoms with van der Waals surface area (Å²) in [6.07, 6.45) is 1.89. The van der Waals surface area contributed by atoms with Crippen LogP contribution in [0, 0.1) is 6.92 Å². The molecule has 1 saturated heterocycles. The number of hydrogen-bond donors (Lipinski definition) is 3. The summed E-state index contributed by atoms with van der Waals surface area (Å²) in [7, 11) is 0. The maximum atomic E-state index is 12.1. The zero-order valence-corrected chi connectivity index (χ0v) is 12.0. The van der Waals surface area contributed by atoms with E-state index in [0.29, 0.717) is 17.8 Å². The summed E-state index contributed by atoms with van der Waals surface area (Å²) in [6, 6.07) is 5.22. The van der Waals surface area contributed by atoms with Crippen LogP contribution in [-0.4, -0.2) is 30.9 Å². The smallest absolute Gasteiger partial charge is 0.251 e. The molecule has 1 aromatic carbocycles. The van der Waals surface area contributed by atoms with Crippen molar-refractivity contribution >= 4 is 17.5 Å². The normalized spacial score (nSPS) is 17.8. The van der Waals surface area contributed by atoms with Crippen LogP contribution in [0.3, 0.4) is 0 Å². The Morgan fingerprint density at radius 1 is 1.40 bits per heavy atom. The lowest BCUT2D eigenvalue weighted by molar-refractivity contribution is -0.117. The van der Waals surface area contributed by atoms with Gasteiger partial charge in [-0.05, 0) is 50.9 Å². The third-order valence-corrected chi connectivity index (χ3v) is 3.47. The molecule has 1 aliphatic heterocycles. The second-order valence-corrected chi connectivity index (χ2v) is 5.03. The third kappa shape index (κ3) is 3.36. The van der Waals surface area contributed by atoms with E-state index < -0.39 is 0 Å². The monoisotopic (exact) mass is 275 g/mol. The molecule has 5 heteroatoms. The number of carbonyl (C=O) groups excluding carboxylic acids is 2. The average molecular weight is 275 g/mol. The van der Waals surface area contributed by atoms with Gasteiger partial charge in [-0.25, -0.2) is 0 Å². The van der Waals surface area contributed by atoms with Gasteiger partial charge in [-0.15, -0.1) is 0 Å². The van der Waals surface area contributed by atoms with E-state index in [2.05, 4.69) is 16.0 Å². The van der Waals surface area contributed by atoms with Crippen LogP contribution in [-0.2, 0) is 4.79 Å². The minimum Gasteiger partial charge on any atom is -0.352 e. The van der Waals surface area contributed by atoms with Gasteiger partial charge in [0.1, 0.15) is 0 Å². The summed E-state index contributed by atoms with van der Waals surface area (Å²) >= 11 is 0. The first kappa shape index (κ1) is 14.5. The lowest BCUT2D eigenvalue weighted by Gasteiger charge is -2.14. The van der Waals surface area contributed by atoms with Gasteiger partial charge >= 0.3 is 0 Å². The summed E-state index contributed by atoms with van der Waals surface area (Å²) in [4.78, 5) is 23.9. The highest BCUT2D eigenvalue weighted by atomic mass is 16.2. The minimum absolute atomic E-state index is 0.0290. The van der Waals surface area contributed by atoms with Crippen LogP contribution in [0.25, 0.3) is 0 Å². The molecule has 1 aliphatic rings. The van der Waals surface area contributed by atoms with E-state index in [4.69, 9.17) is 0 Å². The van der Waals surface area contributed by atoms with Crippen molar-refractivity contribution in [2.24, 2.45) is 0 Å². The Morgan fingerprint density at radius 2 is 2.20 bits per heavy atom. The molecule has 1 atom stereocenters. The molecule has 2 amide bonds. The molecule has 0 spiro atoms. The second-order valence-electron chi connectivity index (χ2n) is 5.03. The first-order chi connectivity index (χ1) is 9.61. The van der Waals surface area contributed by atoms with Gasteiger partial charge in [0.2, 0.25) is 5.91 Å². The highest BCUT2D eigenvalue weighted by Crippen LogP contribution is 2.18. The van der Waals surface area contributed by atoms with Crippen LogP contribution >= 0.6 is 0 Å². The van der Waals surface area contributed by atoms with Crippen LogP contribution < -0.4 is 16.0 Å². The number of aryl methyl sites for hydroxylation is 1. The number of nitrogens with one attached hydrogen (secondary N) is 3. The fourth-order valence-electron chi connectivity index (χ4n) is 2.29. The van der Waals surface area contributed by atoms with Gasteiger partial charge in [0.05, 0.1) is 6.04 Å². The summed E-state index contributed by atoms with van der Waals surface area (Å²) in [5, 5.41) is 8.82. The van der Waals surface area contributed by atoms with Gasteiger partial charge < -0.3 is 16.0 Å². The number of rotatable bonds is 4. The van der Waals surface area contributed by atoms with Crippen molar-refractivity contribution in [2.45, 2.75) is 32.7 Å². The maximum Gasteiger partial charge on any atom is 0.251 e. The lowest BCUT2D eigenvalue weighted by Crippen LogP contribution is -2.35. The Kier molecular flexibility index (Phi) is 4.74. The summed E-state index contributed by atoms with van der Waals surface area (Å²) in [5.74, 6) is -0.152. The fourth-order valence-corrected chi connectivity index (χ4v) is 2.29. The summed E-state index contributed by atoms with van der Waals surface area (Å²) in [6.45, 7) is 5.26. The quantitative estimate of drug-likeness (QED) is 0.778. The van der Waals surface area contributed by atoms with Crippen molar-refractivity contribution in [1.29, 1.82) is 0 Å². The van der Waals surface area contributed by atoms with E-state index in [9.17, 15) is 9.59 Å². The molecule has 20 heavy (non-hydrogen) atoms. The maximum absolute atomic E-state index is 12.1. The predicted molar refractivity (Wildman–Crippen MR) is 78.8 cm³/mol.